The van der Waals surface area contributed by atoms with E-state index < -0.39 is 144 Å². The molecule has 1 heterocycles. The zero-order valence-corrected chi connectivity index (χ0v) is 29.5. The Morgan fingerprint density at radius 2 is 0.742 bits per heavy atom. The minimum absolute atomic E-state index is 0.425. The lowest BCUT2D eigenvalue weighted by Crippen LogP contribution is -2.81. The molecule has 0 aliphatic heterocycles. The van der Waals surface area contributed by atoms with Crippen LogP contribution in [0.1, 0.15) is 11.3 Å². The first-order valence-corrected chi connectivity index (χ1v) is 16.2. The van der Waals surface area contributed by atoms with E-state index in [1.807, 2.05) is 41.1 Å². The predicted molar refractivity (Wildman–Crippen MR) is 174 cm³/mol. The Labute approximate surface area is 332 Å². The standard InChI is InChI=1S/C24BF20.C14H12N3/c26-5-1(6(27)14(35)21(42)13(5)34)25(2-7(28)15(36)22(43)16(37)8(2)29,3-9(30)17(38)23(44)18(39)10(3)31)4-11(32)19(40)24(45)20(41)12(4)33;1-12(9-15)14-10-16-7-8-17(14)11-13-5-3-2-4-6-13/h;2-8,10H,1,11H2/q-1;+1. The third kappa shape index (κ3) is 7.13. The van der Waals surface area contributed by atoms with Crippen LogP contribution in [0.4, 0.5) is 87.8 Å². The number of rotatable bonds is 7. The van der Waals surface area contributed by atoms with Crippen molar-refractivity contribution in [3.63, 3.8) is 0 Å². The maximum Gasteiger partial charge on any atom is 0.241 e. The molecule has 6 rings (SSSR count). The van der Waals surface area contributed by atoms with Gasteiger partial charge in [-0.3, -0.25) is 4.98 Å². The van der Waals surface area contributed by atoms with Gasteiger partial charge in [-0.15, -0.1) is 21.9 Å². The molecule has 5 aromatic carbocycles. The number of nitrogens with zero attached hydrogens (tertiary/aromatic N) is 3. The Kier molecular flexibility index (Phi) is 12.8. The highest BCUT2D eigenvalue weighted by atomic mass is 19.2. The molecule has 0 saturated heterocycles. The van der Waals surface area contributed by atoms with E-state index in [1.54, 1.807) is 12.4 Å². The predicted octanol–water partition coefficient (Wildman–Crippen LogP) is 7.80. The van der Waals surface area contributed by atoms with Crippen molar-refractivity contribution in [2.45, 2.75) is 6.54 Å². The second kappa shape index (κ2) is 17.2. The molecule has 0 aliphatic rings. The van der Waals surface area contributed by atoms with Gasteiger partial charge in [0.05, 0.1) is 6.20 Å². The van der Waals surface area contributed by atoms with Crippen molar-refractivity contribution in [2.24, 2.45) is 0 Å². The molecule has 62 heavy (non-hydrogen) atoms. The van der Waals surface area contributed by atoms with Crippen molar-refractivity contribution in [2.75, 3.05) is 0 Å². The van der Waals surface area contributed by atoms with Gasteiger partial charge in [-0.05, 0) is 0 Å². The second-order valence-corrected chi connectivity index (χ2v) is 12.5. The van der Waals surface area contributed by atoms with Gasteiger partial charge in [0.2, 0.25) is 5.69 Å². The fourth-order valence-electron chi connectivity index (χ4n) is 6.49. The van der Waals surface area contributed by atoms with Crippen LogP contribution < -0.4 is 26.4 Å². The molecule has 3 nitrogen and oxygen atoms in total. The molecule has 322 valence electrons. The molecular weight excluding hydrogens is 889 g/mol. The zero-order valence-electron chi connectivity index (χ0n) is 29.5. The average Bonchev–Trinajstić information content (AvgIpc) is 3.26. The lowest BCUT2D eigenvalue weighted by molar-refractivity contribution is -0.690. The summed E-state index contributed by atoms with van der Waals surface area (Å²) in [4.78, 5) is 4.02. The second-order valence-electron chi connectivity index (χ2n) is 12.5. The van der Waals surface area contributed by atoms with Crippen LogP contribution in [-0.4, -0.2) is 11.1 Å². The lowest BCUT2D eigenvalue weighted by Gasteiger charge is -2.44. The zero-order chi connectivity index (χ0) is 46.4. The Bertz CT molecular complexity index is 2480. The molecule has 0 amide bonds. The highest BCUT2D eigenvalue weighted by molar-refractivity contribution is 7.20. The van der Waals surface area contributed by atoms with Gasteiger partial charge in [0.1, 0.15) is 70.5 Å². The van der Waals surface area contributed by atoms with Crippen LogP contribution in [0.3, 0.4) is 0 Å². The van der Waals surface area contributed by atoms with Crippen molar-refractivity contribution in [1.82, 2.24) is 4.98 Å². The summed E-state index contributed by atoms with van der Waals surface area (Å²) < 4.78 is 296. The molecule has 0 radical (unpaired) electrons. The number of allylic oxidation sites excluding steroid dienone is 1. The van der Waals surface area contributed by atoms with E-state index in [4.69, 9.17) is 5.26 Å². The summed E-state index contributed by atoms with van der Waals surface area (Å²) in [6.45, 7) is 4.43. The monoisotopic (exact) mass is 901 g/mol. The highest BCUT2D eigenvalue weighted by Gasteiger charge is 2.52. The largest absolute Gasteiger partial charge is 0.252 e. The Morgan fingerprint density at radius 1 is 0.468 bits per heavy atom. The quantitative estimate of drug-likeness (QED) is 0.0410. The summed E-state index contributed by atoms with van der Waals surface area (Å²) in [7, 11) is 0. The van der Waals surface area contributed by atoms with Gasteiger partial charge in [-0.2, -0.15) is 9.83 Å². The SMILES string of the molecule is C=C(C#N)c1cncc[n+]1Cc1ccccc1.Fc1c(F)c(F)c([B-](c2c(F)c(F)c(F)c(F)c2F)(c2c(F)c(F)c(F)c(F)c2F)c2c(F)c(F)c(F)c(F)c2F)c(F)c1F. The first-order valence-electron chi connectivity index (χ1n) is 16.2. The van der Waals surface area contributed by atoms with Gasteiger partial charge < -0.3 is 0 Å². The Hall–Kier alpha value is -6.93. The Morgan fingerprint density at radius 3 is 1.02 bits per heavy atom. The van der Waals surface area contributed by atoms with E-state index in [0.717, 1.165) is 5.69 Å². The fourth-order valence-corrected chi connectivity index (χ4v) is 6.49. The minimum Gasteiger partial charge on any atom is -0.252 e. The smallest absolute Gasteiger partial charge is 0.241 e. The van der Waals surface area contributed by atoms with E-state index in [1.165, 1.54) is 5.56 Å². The molecule has 0 fully saturated rings. The van der Waals surface area contributed by atoms with Crippen LogP contribution in [0.15, 0.2) is 55.5 Å². The van der Waals surface area contributed by atoms with Crippen molar-refractivity contribution in [1.29, 1.82) is 5.26 Å². The molecule has 6 aromatic rings. The van der Waals surface area contributed by atoms with Crippen molar-refractivity contribution >= 4 is 33.6 Å². The van der Waals surface area contributed by atoms with E-state index in [2.05, 4.69) is 17.6 Å². The molecule has 0 N–H and O–H groups in total. The summed E-state index contributed by atoms with van der Waals surface area (Å²) in [5, 5.41) is 8.89. The molecule has 0 bridgehead atoms. The summed E-state index contributed by atoms with van der Waals surface area (Å²) in [6, 6.07) is 12.1. The van der Waals surface area contributed by atoms with Gasteiger partial charge in [0.25, 0.3) is 0 Å². The normalized spacial score (nSPS) is 11.3. The average molecular weight is 901 g/mol. The molecule has 0 saturated carbocycles. The van der Waals surface area contributed by atoms with Crippen LogP contribution >= 0.6 is 0 Å². The number of aromatic nitrogens is 2. The molecule has 0 atom stereocenters. The molecular formula is C38H12BF20N3. The van der Waals surface area contributed by atoms with Crippen molar-refractivity contribution in [3.05, 3.63) is 183 Å². The third-order valence-electron chi connectivity index (χ3n) is 9.19. The van der Waals surface area contributed by atoms with Gasteiger partial charge in [0, 0.05) is 5.56 Å². The summed E-state index contributed by atoms with van der Waals surface area (Å²) in [5.41, 5.74) is -12.0. The molecule has 0 aliphatic carbocycles. The lowest BCUT2D eigenvalue weighted by atomic mass is 9.12. The van der Waals surface area contributed by atoms with Crippen LogP contribution in [0.5, 0.6) is 0 Å². The maximum absolute atomic E-state index is 15.4. The number of benzene rings is 5. The van der Waals surface area contributed by atoms with E-state index in [0.29, 0.717) is 12.1 Å². The number of hydrogen-bond acceptors (Lipinski definition) is 2. The van der Waals surface area contributed by atoms with Gasteiger partial charge in [-0.1, -0.05) is 36.9 Å². The molecule has 1 aromatic heterocycles. The minimum atomic E-state index is -7.22. The number of halogens is 20. The third-order valence-corrected chi connectivity index (χ3v) is 9.19. The van der Waals surface area contributed by atoms with Gasteiger partial charge >= 0.3 is 0 Å². The first kappa shape index (κ1) is 46.1. The first-order chi connectivity index (χ1) is 29.0. The maximum atomic E-state index is 15.4. The number of nitriles is 1. The van der Waals surface area contributed by atoms with Crippen molar-refractivity contribution in [3.8, 4) is 6.07 Å². The van der Waals surface area contributed by atoms with E-state index in [9.17, 15) is 52.7 Å². The van der Waals surface area contributed by atoms with Crippen LogP contribution in [0.2, 0.25) is 0 Å². The van der Waals surface area contributed by atoms with Crippen molar-refractivity contribution < 1.29 is 92.4 Å². The molecule has 0 unspecified atom stereocenters. The summed E-state index contributed by atoms with van der Waals surface area (Å²) >= 11 is 0. The van der Waals surface area contributed by atoms with Gasteiger partial charge in [-0.25, -0.2) is 87.8 Å². The van der Waals surface area contributed by atoms with E-state index in [-0.39, 0.29) is 0 Å². The van der Waals surface area contributed by atoms with E-state index >= 15 is 35.1 Å². The van der Waals surface area contributed by atoms with Crippen LogP contribution in [0.25, 0.3) is 5.57 Å². The number of hydrogen-bond donors (Lipinski definition) is 0. The topological polar surface area (TPSA) is 40.6 Å². The summed E-state index contributed by atoms with van der Waals surface area (Å²) in [6.07, 6.45) is -2.00. The highest BCUT2D eigenvalue weighted by Crippen LogP contribution is 2.30. The van der Waals surface area contributed by atoms with Gasteiger partial charge in [0.15, 0.2) is 82.5 Å². The molecule has 0 spiro atoms. The fraction of sp³-hybridized carbons (Fsp3) is 0.0263. The van der Waals surface area contributed by atoms with Crippen LogP contribution in [0, 0.1) is 128 Å². The Balaban J connectivity index is 0.000000355. The molecule has 24 heteroatoms. The summed E-state index contributed by atoms with van der Waals surface area (Å²) in [5.74, 6) is -71.4. The van der Waals surface area contributed by atoms with Crippen LogP contribution in [-0.2, 0) is 6.54 Å².